The molecule has 0 fully saturated rings. The summed E-state index contributed by atoms with van der Waals surface area (Å²) >= 11 is 3.35. The number of rotatable bonds is 6. The van der Waals surface area contributed by atoms with E-state index in [-0.39, 0.29) is 0 Å². The highest BCUT2D eigenvalue weighted by Gasteiger charge is 2.15. The molecule has 136 valence electrons. The van der Waals surface area contributed by atoms with Crippen LogP contribution in [0.2, 0.25) is 0 Å². The van der Waals surface area contributed by atoms with E-state index in [1.165, 1.54) is 13.3 Å². The number of carbonyl (C=O) groups is 2. The zero-order valence-corrected chi connectivity index (χ0v) is 15.9. The van der Waals surface area contributed by atoms with Crippen molar-refractivity contribution in [2.75, 3.05) is 19.0 Å². The second kappa shape index (κ2) is 9.57. The van der Waals surface area contributed by atoms with Gasteiger partial charge in [-0.05, 0) is 37.3 Å². The van der Waals surface area contributed by atoms with Gasteiger partial charge < -0.3 is 14.8 Å². The van der Waals surface area contributed by atoms with Crippen LogP contribution >= 0.6 is 15.9 Å². The van der Waals surface area contributed by atoms with Crippen molar-refractivity contribution < 1.29 is 19.1 Å². The molecule has 0 aromatic heterocycles. The molecule has 7 nitrogen and oxygen atoms in total. The Morgan fingerprint density at radius 1 is 1.15 bits per heavy atom. The van der Waals surface area contributed by atoms with Gasteiger partial charge in [-0.25, -0.2) is 5.43 Å². The molecule has 0 bridgehead atoms. The van der Waals surface area contributed by atoms with Crippen LogP contribution in [0.25, 0.3) is 0 Å². The SMILES string of the molecule is CCOc1ccccc1NC(=O)C(=O)N/N=C\c1cc(Br)ccc1OC. The Morgan fingerprint density at radius 3 is 2.65 bits per heavy atom. The molecule has 0 spiro atoms. The van der Waals surface area contributed by atoms with Crippen LogP contribution in [0.15, 0.2) is 52.0 Å². The molecule has 0 saturated heterocycles. The van der Waals surface area contributed by atoms with E-state index in [2.05, 4.69) is 31.8 Å². The number of carbonyl (C=O) groups excluding carboxylic acids is 2. The number of methoxy groups -OCH3 is 1. The summed E-state index contributed by atoms with van der Waals surface area (Å²) in [6, 6.07) is 12.2. The van der Waals surface area contributed by atoms with Gasteiger partial charge in [-0.2, -0.15) is 5.10 Å². The van der Waals surface area contributed by atoms with Gasteiger partial charge in [0.05, 0.1) is 25.6 Å². The fraction of sp³-hybridized carbons (Fsp3) is 0.167. The number of nitrogens with zero attached hydrogens (tertiary/aromatic N) is 1. The standard InChI is InChI=1S/C18H18BrN3O4/c1-3-26-16-7-5-4-6-14(16)21-17(23)18(24)22-20-11-12-10-13(19)8-9-15(12)25-2/h4-11H,3H2,1-2H3,(H,21,23)(H,22,24)/b20-11-. The Bertz CT molecular complexity index is 824. The van der Waals surface area contributed by atoms with Gasteiger partial charge in [-0.1, -0.05) is 28.1 Å². The quantitative estimate of drug-likeness (QED) is 0.427. The number of amides is 2. The number of nitrogens with one attached hydrogen (secondary N) is 2. The molecule has 2 aromatic carbocycles. The fourth-order valence-corrected chi connectivity index (χ4v) is 2.43. The summed E-state index contributed by atoms with van der Waals surface area (Å²) in [5.74, 6) is -0.683. The van der Waals surface area contributed by atoms with Crippen molar-refractivity contribution in [1.29, 1.82) is 0 Å². The summed E-state index contributed by atoms with van der Waals surface area (Å²) in [5, 5.41) is 6.29. The first-order valence-corrected chi connectivity index (χ1v) is 8.54. The van der Waals surface area contributed by atoms with Crippen LogP contribution in [-0.4, -0.2) is 31.7 Å². The number of hydrogen-bond donors (Lipinski definition) is 2. The van der Waals surface area contributed by atoms with E-state index in [4.69, 9.17) is 9.47 Å². The predicted octanol–water partition coefficient (Wildman–Crippen LogP) is 2.95. The lowest BCUT2D eigenvalue weighted by Gasteiger charge is -2.10. The molecule has 26 heavy (non-hydrogen) atoms. The molecule has 2 N–H and O–H groups in total. The maximum absolute atomic E-state index is 12.0. The lowest BCUT2D eigenvalue weighted by Crippen LogP contribution is -2.32. The van der Waals surface area contributed by atoms with Crippen LogP contribution in [0.5, 0.6) is 11.5 Å². The minimum Gasteiger partial charge on any atom is -0.496 e. The van der Waals surface area contributed by atoms with Crippen molar-refractivity contribution in [3.05, 3.63) is 52.5 Å². The highest BCUT2D eigenvalue weighted by molar-refractivity contribution is 9.10. The van der Waals surface area contributed by atoms with Crippen molar-refractivity contribution in [3.63, 3.8) is 0 Å². The third-order valence-electron chi connectivity index (χ3n) is 3.20. The van der Waals surface area contributed by atoms with Crippen LogP contribution in [-0.2, 0) is 9.59 Å². The minimum atomic E-state index is -0.901. The van der Waals surface area contributed by atoms with Crippen molar-refractivity contribution in [1.82, 2.24) is 5.43 Å². The number of para-hydroxylation sites is 2. The number of ether oxygens (including phenoxy) is 2. The van der Waals surface area contributed by atoms with E-state index in [1.807, 2.05) is 13.0 Å². The Labute approximate surface area is 159 Å². The first-order valence-electron chi connectivity index (χ1n) is 7.75. The summed E-state index contributed by atoms with van der Waals surface area (Å²) < 4.78 is 11.4. The van der Waals surface area contributed by atoms with Gasteiger partial charge in [0, 0.05) is 10.0 Å². The van der Waals surface area contributed by atoms with Crippen LogP contribution in [0.3, 0.4) is 0 Å². The summed E-state index contributed by atoms with van der Waals surface area (Å²) in [6.45, 7) is 2.27. The monoisotopic (exact) mass is 419 g/mol. The highest BCUT2D eigenvalue weighted by atomic mass is 79.9. The van der Waals surface area contributed by atoms with Gasteiger partial charge in [-0.15, -0.1) is 0 Å². The molecule has 0 radical (unpaired) electrons. The minimum absolute atomic E-state index is 0.409. The summed E-state index contributed by atoms with van der Waals surface area (Å²) in [5.41, 5.74) is 3.23. The first kappa shape index (κ1) is 19.5. The van der Waals surface area contributed by atoms with E-state index < -0.39 is 11.8 Å². The molecule has 8 heteroatoms. The van der Waals surface area contributed by atoms with E-state index in [0.29, 0.717) is 29.4 Å². The molecular weight excluding hydrogens is 402 g/mol. The van der Waals surface area contributed by atoms with Gasteiger partial charge in [0.15, 0.2) is 0 Å². The molecule has 2 amide bonds. The molecular formula is C18H18BrN3O4. The molecule has 0 aliphatic rings. The average Bonchev–Trinajstić information content (AvgIpc) is 2.63. The lowest BCUT2D eigenvalue weighted by atomic mass is 10.2. The first-order chi connectivity index (χ1) is 12.5. The number of anilines is 1. The molecule has 0 atom stereocenters. The fourth-order valence-electron chi connectivity index (χ4n) is 2.05. The normalized spacial score (nSPS) is 10.4. The molecule has 2 aromatic rings. The molecule has 0 aliphatic heterocycles. The van der Waals surface area contributed by atoms with Crippen molar-refractivity contribution in [2.24, 2.45) is 5.10 Å². The Balaban J connectivity index is 2.00. The smallest absolute Gasteiger partial charge is 0.329 e. The average molecular weight is 420 g/mol. The molecule has 2 rings (SSSR count). The Kier molecular flexibility index (Phi) is 7.16. The van der Waals surface area contributed by atoms with Gasteiger partial charge in [0.1, 0.15) is 11.5 Å². The van der Waals surface area contributed by atoms with Gasteiger partial charge in [0.25, 0.3) is 0 Å². The topological polar surface area (TPSA) is 89.0 Å². The number of hydrazone groups is 1. The maximum Gasteiger partial charge on any atom is 0.329 e. The van der Waals surface area contributed by atoms with Gasteiger partial charge in [0.2, 0.25) is 0 Å². The Morgan fingerprint density at radius 2 is 1.92 bits per heavy atom. The lowest BCUT2D eigenvalue weighted by molar-refractivity contribution is -0.136. The van der Waals surface area contributed by atoms with E-state index in [9.17, 15) is 9.59 Å². The zero-order valence-electron chi connectivity index (χ0n) is 14.3. The van der Waals surface area contributed by atoms with Gasteiger partial charge >= 0.3 is 11.8 Å². The summed E-state index contributed by atoms with van der Waals surface area (Å²) in [7, 11) is 1.53. The second-order valence-electron chi connectivity index (χ2n) is 4.97. The number of halogens is 1. The largest absolute Gasteiger partial charge is 0.496 e. The van der Waals surface area contributed by atoms with Crippen LogP contribution in [0.1, 0.15) is 12.5 Å². The third-order valence-corrected chi connectivity index (χ3v) is 3.70. The number of benzene rings is 2. The second-order valence-corrected chi connectivity index (χ2v) is 5.88. The predicted molar refractivity (Wildman–Crippen MR) is 103 cm³/mol. The number of hydrogen-bond acceptors (Lipinski definition) is 5. The highest BCUT2D eigenvalue weighted by Crippen LogP contribution is 2.23. The summed E-state index contributed by atoms with van der Waals surface area (Å²) in [6.07, 6.45) is 1.39. The van der Waals surface area contributed by atoms with Gasteiger partial charge in [-0.3, -0.25) is 9.59 Å². The van der Waals surface area contributed by atoms with Crippen molar-refractivity contribution in [2.45, 2.75) is 6.92 Å². The van der Waals surface area contributed by atoms with Crippen molar-refractivity contribution >= 4 is 39.6 Å². The van der Waals surface area contributed by atoms with E-state index in [0.717, 1.165) is 4.47 Å². The zero-order chi connectivity index (χ0) is 18.9. The molecule has 0 unspecified atom stereocenters. The maximum atomic E-state index is 12.0. The van der Waals surface area contributed by atoms with E-state index in [1.54, 1.807) is 36.4 Å². The Hall–Kier alpha value is -2.87. The van der Waals surface area contributed by atoms with Crippen LogP contribution in [0, 0.1) is 0 Å². The molecule has 0 aliphatic carbocycles. The van der Waals surface area contributed by atoms with E-state index >= 15 is 0 Å². The van der Waals surface area contributed by atoms with Crippen LogP contribution in [0.4, 0.5) is 5.69 Å². The summed E-state index contributed by atoms with van der Waals surface area (Å²) in [4.78, 5) is 23.9. The third kappa shape index (κ3) is 5.32. The van der Waals surface area contributed by atoms with Crippen LogP contribution < -0.4 is 20.2 Å². The molecule has 0 heterocycles. The van der Waals surface area contributed by atoms with Crippen molar-refractivity contribution in [3.8, 4) is 11.5 Å². The molecule has 0 saturated carbocycles.